The Labute approximate surface area is 192 Å². The van der Waals surface area contributed by atoms with Crippen LogP contribution in [-0.4, -0.2) is 17.7 Å². The van der Waals surface area contributed by atoms with Crippen molar-refractivity contribution >= 4 is 62.5 Å². The van der Waals surface area contributed by atoms with E-state index >= 15 is 0 Å². The molecule has 0 bridgehead atoms. The molecule has 3 N–H and O–H groups in total. The second kappa shape index (κ2) is 10.3. The highest BCUT2D eigenvalue weighted by atomic mass is 79.9. The number of carbonyl (C=O) groups excluding carboxylic acids is 3. The average molecular weight is 498 g/mol. The lowest BCUT2D eigenvalue weighted by molar-refractivity contribution is -0.115. The third-order valence-corrected chi connectivity index (χ3v) is 5.54. The Bertz CT molecular complexity index is 1080. The molecule has 3 rings (SSSR count). The minimum absolute atomic E-state index is 0.273. The molecule has 3 aromatic rings. The number of rotatable bonds is 6. The first-order valence-electron chi connectivity index (χ1n) is 9.33. The van der Waals surface area contributed by atoms with Gasteiger partial charge < -0.3 is 16.0 Å². The van der Waals surface area contributed by atoms with Crippen molar-refractivity contribution in [1.29, 1.82) is 0 Å². The van der Waals surface area contributed by atoms with Gasteiger partial charge >= 0.3 is 0 Å². The van der Waals surface area contributed by atoms with E-state index in [2.05, 4.69) is 31.9 Å². The van der Waals surface area contributed by atoms with Crippen molar-refractivity contribution in [3.8, 4) is 0 Å². The predicted octanol–water partition coefficient (Wildman–Crippen LogP) is 5.77. The number of anilines is 3. The summed E-state index contributed by atoms with van der Waals surface area (Å²) in [4.78, 5) is 37.7. The molecule has 0 aromatic heterocycles. The Morgan fingerprint density at radius 1 is 0.677 bits per heavy atom. The largest absolute Gasteiger partial charge is 0.326 e. The van der Waals surface area contributed by atoms with E-state index in [0.29, 0.717) is 22.6 Å². The Balaban J connectivity index is 1.73. The molecule has 6 nitrogen and oxygen atoms in total. The molecule has 0 saturated heterocycles. The van der Waals surface area contributed by atoms with Crippen molar-refractivity contribution in [2.45, 2.75) is 23.6 Å². The number of halogens is 1. The molecular formula is C23H20BrN3O3S. The SMILES string of the molecule is CC(=O)Nc1cc(NC(C)=O)cc(C(=O)Nc2ccc(Sc3ccc(Br)cc3)cc2)c1. The van der Waals surface area contributed by atoms with E-state index in [0.717, 1.165) is 14.3 Å². The number of carbonyl (C=O) groups is 3. The van der Waals surface area contributed by atoms with E-state index in [1.54, 1.807) is 30.0 Å². The Morgan fingerprint density at radius 2 is 1.16 bits per heavy atom. The zero-order valence-electron chi connectivity index (χ0n) is 16.9. The maximum absolute atomic E-state index is 12.8. The van der Waals surface area contributed by atoms with Gasteiger partial charge in [0.05, 0.1) is 0 Å². The van der Waals surface area contributed by atoms with Crippen molar-refractivity contribution in [1.82, 2.24) is 0 Å². The lowest BCUT2D eigenvalue weighted by Crippen LogP contribution is -2.15. The summed E-state index contributed by atoms with van der Waals surface area (Å²) in [6.07, 6.45) is 0. The predicted molar refractivity (Wildman–Crippen MR) is 128 cm³/mol. The van der Waals surface area contributed by atoms with Crippen molar-refractivity contribution < 1.29 is 14.4 Å². The van der Waals surface area contributed by atoms with Gasteiger partial charge in [-0.05, 0) is 66.7 Å². The standard InChI is InChI=1S/C23H20BrN3O3S/c1-14(28)25-19-11-16(12-20(13-19)26-15(2)29)23(30)27-18-5-9-22(10-6-18)31-21-7-3-17(24)4-8-21/h3-13H,1-2H3,(H,25,28)(H,26,29)(H,27,30). The van der Waals surface area contributed by atoms with Gasteiger partial charge in [-0.25, -0.2) is 0 Å². The third kappa shape index (κ3) is 6.97. The highest BCUT2D eigenvalue weighted by molar-refractivity contribution is 9.10. The van der Waals surface area contributed by atoms with Crippen LogP contribution >= 0.6 is 27.7 Å². The molecule has 0 aliphatic heterocycles. The van der Waals surface area contributed by atoms with E-state index in [1.165, 1.54) is 13.8 Å². The molecule has 31 heavy (non-hydrogen) atoms. The molecule has 0 spiro atoms. The van der Waals surface area contributed by atoms with Crippen LogP contribution in [0.2, 0.25) is 0 Å². The molecule has 0 aliphatic carbocycles. The lowest BCUT2D eigenvalue weighted by Gasteiger charge is -2.11. The Morgan fingerprint density at radius 3 is 1.65 bits per heavy atom. The fourth-order valence-corrected chi connectivity index (χ4v) is 3.84. The van der Waals surface area contributed by atoms with Crippen molar-refractivity contribution in [3.63, 3.8) is 0 Å². The maximum atomic E-state index is 12.8. The minimum Gasteiger partial charge on any atom is -0.326 e. The van der Waals surface area contributed by atoms with Gasteiger partial charge in [-0.1, -0.05) is 27.7 Å². The monoisotopic (exact) mass is 497 g/mol. The number of hydrogen-bond donors (Lipinski definition) is 3. The minimum atomic E-state index is -0.355. The summed E-state index contributed by atoms with van der Waals surface area (Å²) in [5.41, 5.74) is 1.79. The van der Waals surface area contributed by atoms with Gasteiger partial charge in [-0.3, -0.25) is 14.4 Å². The van der Waals surface area contributed by atoms with E-state index in [1.807, 2.05) is 48.5 Å². The molecule has 0 fully saturated rings. The van der Waals surface area contributed by atoms with Gasteiger partial charge in [0.25, 0.3) is 5.91 Å². The number of nitrogens with one attached hydrogen (secondary N) is 3. The summed E-state index contributed by atoms with van der Waals surface area (Å²) in [6, 6.07) is 20.2. The molecular weight excluding hydrogens is 478 g/mol. The second-order valence-electron chi connectivity index (χ2n) is 6.70. The number of amides is 3. The van der Waals surface area contributed by atoms with Crippen molar-refractivity contribution in [2.24, 2.45) is 0 Å². The van der Waals surface area contributed by atoms with Crippen LogP contribution in [0.1, 0.15) is 24.2 Å². The zero-order valence-corrected chi connectivity index (χ0v) is 19.3. The lowest BCUT2D eigenvalue weighted by atomic mass is 10.1. The first-order valence-corrected chi connectivity index (χ1v) is 10.9. The van der Waals surface area contributed by atoms with Crippen LogP contribution < -0.4 is 16.0 Å². The Kier molecular flexibility index (Phi) is 7.49. The first-order chi connectivity index (χ1) is 14.8. The molecule has 0 aliphatic rings. The fraction of sp³-hybridized carbons (Fsp3) is 0.0870. The quantitative estimate of drug-likeness (QED) is 0.403. The molecule has 158 valence electrons. The van der Waals surface area contributed by atoms with Crippen LogP contribution in [0.5, 0.6) is 0 Å². The van der Waals surface area contributed by atoms with E-state index < -0.39 is 0 Å². The summed E-state index contributed by atoms with van der Waals surface area (Å²) in [7, 11) is 0. The van der Waals surface area contributed by atoms with Crippen LogP contribution in [0.3, 0.4) is 0 Å². The topological polar surface area (TPSA) is 87.3 Å². The summed E-state index contributed by atoms with van der Waals surface area (Å²) in [5.74, 6) is -0.900. The molecule has 3 aromatic carbocycles. The van der Waals surface area contributed by atoms with Gasteiger partial charge in [0.1, 0.15) is 0 Å². The first kappa shape index (κ1) is 22.6. The molecule has 3 amide bonds. The van der Waals surface area contributed by atoms with E-state index in [4.69, 9.17) is 0 Å². The number of hydrogen-bond acceptors (Lipinski definition) is 4. The summed E-state index contributed by atoms with van der Waals surface area (Å²) in [5, 5.41) is 8.11. The highest BCUT2D eigenvalue weighted by Crippen LogP contribution is 2.29. The van der Waals surface area contributed by atoms with Gasteiger partial charge in [0.2, 0.25) is 11.8 Å². The van der Waals surface area contributed by atoms with Crippen LogP contribution in [-0.2, 0) is 9.59 Å². The summed E-state index contributed by atoms with van der Waals surface area (Å²) < 4.78 is 1.03. The van der Waals surface area contributed by atoms with E-state index in [-0.39, 0.29) is 17.7 Å². The highest BCUT2D eigenvalue weighted by Gasteiger charge is 2.11. The smallest absolute Gasteiger partial charge is 0.255 e. The van der Waals surface area contributed by atoms with Gasteiger partial charge in [0.15, 0.2) is 0 Å². The van der Waals surface area contributed by atoms with Crippen LogP contribution in [0.15, 0.2) is 81.0 Å². The van der Waals surface area contributed by atoms with Crippen molar-refractivity contribution in [2.75, 3.05) is 16.0 Å². The van der Waals surface area contributed by atoms with Crippen LogP contribution in [0.4, 0.5) is 17.1 Å². The molecule has 8 heteroatoms. The normalized spacial score (nSPS) is 10.3. The van der Waals surface area contributed by atoms with Crippen molar-refractivity contribution in [3.05, 3.63) is 76.8 Å². The van der Waals surface area contributed by atoms with Crippen LogP contribution in [0, 0.1) is 0 Å². The molecule has 0 unspecified atom stereocenters. The summed E-state index contributed by atoms with van der Waals surface area (Å²) >= 11 is 5.05. The molecule has 0 atom stereocenters. The van der Waals surface area contributed by atoms with Gasteiger partial charge in [0, 0.05) is 50.7 Å². The number of benzene rings is 3. The molecule has 0 saturated carbocycles. The molecule has 0 radical (unpaired) electrons. The summed E-state index contributed by atoms with van der Waals surface area (Å²) in [6.45, 7) is 2.75. The van der Waals surface area contributed by atoms with Gasteiger partial charge in [-0.15, -0.1) is 0 Å². The maximum Gasteiger partial charge on any atom is 0.255 e. The van der Waals surface area contributed by atoms with E-state index in [9.17, 15) is 14.4 Å². The van der Waals surface area contributed by atoms with Gasteiger partial charge in [-0.2, -0.15) is 0 Å². The third-order valence-electron chi connectivity index (χ3n) is 4.00. The Hall–Kier alpha value is -3.10. The molecule has 0 heterocycles. The van der Waals surface area contributed by atoms with Crippen LogP contribution in [0.25, 0.3) is 0 Å². The fourth-order valence-electron chi connectivity index (χ4n) is 2.76. The second-order valence-corrected chi connectivity index (χ2v) is 8.76. The zero-order chi connectivity index (χ0) is 22.4. The average Bonchev–Trinajstić information content (AvgIpc) is 2.70.